The number of aromatic nitrogens is 2. The molecule has 2 atom stereocenters. The van der Waals surface area contributed by atoms with E-state index in [4.69, 9.17) is 0 Å². The number of hydrogen-bond acceptors (Lipinski definition) is 4. The van der Waals surface area contributed by atoms with Gasteiger partial charge < -0.3 is 0 Å². The Morgan fingerprint density at radius 1 is 1.43 bits per heavy atom. The summed E-state index contributed by atoms with van der Waals surface area (Å²) in [6.45, 7) is 4.39. The number of amides is 1. The van der Waals surface area contributed by atoms with Crippen molar-refractivity contribution in [2.45, 2.75) is 26.8 Å². The number of nitrogens with zero attached hydrogens (tertiary/aromatic N) is 2. The van der Waals surface area contributed by atoms with Crippen molar-refractivity contribution in [3.05, 3.63) is 34.6 Å². The molecule has 0 radical (unpaired) electrons. The molecule has 1 aliphatic rings. The standard InChI is InChI=1S/C15H18N4O2/c1-3-19-14(21)10-6-4-5-7-12(10)16-15(19)18-17-13(20)11-8-9(11)2/h4-7,9,11H,3,8H2,1-2H3,(H,16,18)(H,17,20)/t9-,11+/m0/s1. The average Bonchev–Trinajstić information content (AvgIpc) is 3.22. The molecular formula is C15H18N4O2. The number of anilines is 1. The summed E-state index contributed by atoms with van der Waals surface area (Å²) in [7, 11) is 0. The van der Waals surface area contributed by atoms with Crippen LogP contribution in [0, 0.1) is 11.8 Å². The summed E-state index contributed by atoms with van der Waals surface area (Å²) in [5, 5.41) is 0.576. The Morgan fingerprint density at radius 2 is 2.14 bits per heavy atom. The van der Waals surface area contributed by atoms with E-state index >= 15 is 0 Å². The van der Waals surface area contributed by atoms with Crippen LogP contribution in [-0.2, 0) is 11.3 Å². The zero-order valence-corrected chi connectivity index (χ0v) is 12.1. The summed E-state index contributed by atoms with van der Waals surface area (Å²) >= 11 is 0. The molecule has 1 saturated carbocycles. The first-order valence-corrected chi connectivity index (χ1v) is 7.17. The number of carbonyl (C=O) groups is 1. The van der Waals surface area contributed by atoms with Gasteiger partial charge in [-0.2, -0.15) is 0 Å². The predicted octanol–water partition coefficient (Wildman–Crippen LogP) is 1.52. The highest BCUT2D eigenvalue weighted by Crippen LogP contribution is 2.37. The number of carbonyl (C=O) groups excluding carboxylic acids is 1. The number of hydrogen-bond donors (Lipinski definition) is 2. The Hall–Kier alpha value is -2.37. The van der Waals surface area contributed by atoms with E-state index in [0.717, 1.165) is 6.42 Å². The topological polar surface area (TPSA) is 76.0 Å². The van der Waals surface area contributed by atoms with Gasteiger partial charge in [-0.1, -0.05) is 19.1 Å². The second-order valence-electron chi connectivity index (χ2n) is 5.44. The van der Waals surface area contributed by atoms with E-state index in [0.29, 0.717) is 29.3 Å². The molecule has 6 nitrogen and oxygen atoms in total. The van der Waals surface area contributed by atoms with Gasteiger partial charge in [0.2, 0.25) is 11.9 Å². The van der Waals surface area contributed by atoms with Crippen molar-refractivity contribution in [1.82, 2.24) is 15.0 Å². The highest BCUT2D eigenvalue weighted by Gasteiger charge is 2.39. The Bertz CT molecular complexity index is 753. The van der Waals surface area contributed by atoms with Crippen LogP contribution in [0.1, 0.15) is 20.3 Å². The van der Waals surface area contributed by atoms with E-state index in [1.54, 1.807) is 12.1 Å². The predicted molar refractivity (Wildman–Crippen MR) is 80.7 cm³/mol. The fraction of sp³-hybridized carbons (Fsp3) is 0.400. The maximum atomic E-state index is 12.4. The first-order chi connectivity index (χ1) is 10.1. The minimum absolute atomic E-state index is 0.0486. The third-order valence-electron chi connectivity index (χ3n) is 3.92. The summed E-state index contributed by atoms with van der Waals surface area (Å²) in [5.74, 6) is 0.819. The van der Waals surface area contributed by atoms with E-state index in [1.807, 2.05) is 26.0 Å². The minimum atomic E-state index is -0.111. The molecule has 0 aliphatic heterocycles. The first kappa shape index (κ1) is 13.6. The molecule has 0 bridgehead atoms. The number of benzene rings is 1. The molecule has 3 rings (SSSR count). The van der Waals surface area contributed by atoms with E-state index in [2.05, 4.69) is 15.8 Å². The van der Waals surface area contributed by atoms with Gasteiger partial charge in [0.25, 0.3) is 5.56 Å². The quantitative estimate of drug-likeness (QED) is 0.835. The Balaban J connectivity index is 1.90. The third-order valence-corrected chi connectivity index (χ3v) is 3.92. The average molecular weight is 286 g/mol. The second kappa shape index (κ2) is 5.20. The van der Waals surface area contributed by atoms with Gasteiger partial charge in [0, 0.05) is 12.5 Å². The number of para-hydroxylation sites is 1. The lowest BCUT2D eigenvalue weighted by atomic mass is 10.2. The van der Waals surface area contributed by atoms with Gasteiger partial charge >= 0.3 is 0 Å². The first-order valence-electron chi connectivity index (χ1n) is 7.17. The van der Waals surface area contributed by atoms with Gasteiger partial charge in [-0.05, 0) is 31.4 Å². The summed E-state index contributed by atoms with van der Waals surface area (Å²) < 4.78 is 1.51. The molecule has 0 unspecified atom stereocenters. The SMILES string of the molecule is CCn1c(NNC(=O)[C@@H]2C[C@@H]2C)nc2ccccc2c1=O. The Kier molecular flexibility index (Phi) is 3.37. The van der Waals surface area contributed by atoms with E-state index < -0.39 is 0 Å². The van der Waals surface area contributed by atoms with Crippen LogP contribution in [0.4, 0.5) is 5.95 Å². The maximum Gasteiger partial charge on any atom is 0.262 e. The number of rotatable bonds is 4. The molecule has 0 spiro atoms. The largest absolute Gasteiger partial charge is 0.277 e. The second-order valence-corrected chi connectivity index (χ2v) is 5.44. The van der Waals surface area contributed by atoms with Gasteiger partial charge in [-0.25, -0.2) is 4.98 Å². The van der Waals surface area contributed by atoms with Crippen molar-refractivity contribution in [3.8, 4) is 0 Å². The monoisotopic (exact) mass is 286 g/mol. The highest BCUT2D eigenvalue weighted by atomic mass is 16.2. The van der Waals surface area contributed by atoms with Gasteiger partial charge in [0.05, 0.1) is 10.9 Å². The molecule has 1 amide bonds. The van der Waals surface area contributed by atoms with Gasteiger partial charge in [-0.15, -0.1) is 0 Å². The van der Waals surface area contributed by atoms with Crippen molar-refractivity contribution in [3.63, 3.8) is 0 Å². The molecule has 21 heavy (non-hydrogen) atoms. The lowest BCUT2D eigenvalue weighted by molar-refractivity contribution is -0.122. The van der Waals surface area contributed by atoms with Crippen LogP contribution in [0.15, 0.2) is 29.1 Å². The molecule has 110 valence electrons. The van der Waals surface area contributed by atoms with Crippen LogP contribution < -0.4 is 16.4 Å². The molecule has 2 N–H and O–H groups in total. The molecule has 1 aromatic carbocycles. The third kappa shape index (κ3) is 2.49. The van der Waals surface area contributed by atoms with Crippen molar-refractivity contribution in [2.75, 3.05) is 5.43 Å². The van der Waals surface area contributed by atoms with Crippen LogP contribution >= 0.6 is 0 Å². The minimum Gasteiger partial charge on any atom is -0.277 e. The van der Waals surface area contributed by atoms with Gasteiger partial charge in [-0.3, -0.25) is 25.0 Å². The van der Waals surface area contributed by atoms with Crippen LogP contribution in [0.5, 0.6) is 0 Å². The molecule has 1 heterocycles. The number of fused-ring (bicyclic) bond motifs is 1. The van der Waals surface area contributed by atoms with Gasteiger partial charge in [0.15, 0.2) is 0 Å². The normalized spacial score (nSPS) is 20.3. The number of hydrazine groups is 1. The molecule has 1 aromatic heterocycles. The fourth-order valence-corrected chi connectivity index (χ4v) is 2.45. The van der Waals surface area contributed by atoms with Crippen molar-refractivity contribution >= 4 is 22.8 Å². The summed E-state index contributed by atoms with van der Waals surface area (Å²) in [4.78, 5) is 28.7. The molecule has 6 heteroatoms. The van der Waals surface area contributed by atoms with Crippen LogP contribution in [-0.4, -0.2) is 15.5 Å². The fourth-order valence-electron chi connectivity index (χ4n) is 2.45. The molecule has 2 aromatic rings. The zero-order valence-electron chi connectivity index (χ0n) is 12.1. The molecular weight excluding hydrogens is 268 g/mol. The van der Waals surface area contributed by atoms with E-state index in [-0.39, 0.29) is 17.4 Å². The maximum absolute atomic E-state index is 12.4. The van der Waals surface area contributed by atoms with Crippen LogP contribution in [0.2, 0.25) is 0 Å². The molecule has 1 aliphatic carbocycles. The lowest BCUT2D eigenvalue weighted by Gasteiger charge is -2.13. The van der Waals surface area contributed by atoms with Crippen molar-refractivity contribution in [1.29, 1.82) is 0 Å². The van der Waals surface area contributed by atoms with E-state index in [9.17, 15) is 9.59 Å². The molecule has 1 fully saturated rings. The summed E-state index contributed by atoms with van der Waals surface area (Å²) in [6.07, 6.45) is 0.916. The van der Waals surface area contributed by atoms with E-state index in [1.165, 1.54) is 4.57 Å². The van der Waals surface area contributed by atoms with Crippen molar-refractivity contribution < 1.29 is 4.79 Å². The highest BCUT2D eigenvalue weighted by molar-refractivity contribution is 5.83. The number of nitrogens with one attached hydrogen (secondary N) is 2. The smallest absolute Gasteiger partial charge is 0.262 e. The summed E-state index contributed by atoms with van der Waals surface area (Å²) in [6, 6.07) is 7.19. The van der Waals surface area contributed by atoms with Crippen molar-refractivity contribution in [2.24, 2.45) is 11.8 Å². The van der Waals surface area contributed by atoms with Gasteiger partial charge in [0.1, 0.15) is 0 Å². The van der Waals surface area contributed by atoms with Crippen LogP contribution in [0.3, 0.4) is 0 Å². The van der Waals surface area contributed by atoms with Crippen LogP contribution in [0.25, 0.3) is 10.9 Å². The lowest BCUT2D eigenvalue weighted by Crippen LogP contribution is -2.35. The molecule has 0 saturated heterocycles. The zero-order chi connectivity index (χ0) is 15.0. The Labute approximate surface area is 122 Å². The Morgan fingerprint density at radius 3 is 2.81 bits per heavy atom. The summed E-state index contributed by atoms with van der Waals surface area (Å²) in [5.41, 5.74) is 5.94.